The number of nitrogens with zero attached hydrogens (tertiary/aromatic N) is 2. The van der Waals surface area contributed by atoms with Crippen molar-refractivity contribution in [2.24, 2.45) is 8.36 Å². The van der Waals surface area contributed by atoms with Gasteiger partial charge >= 0.3 is 0 Å². The molecule has 7 heavy (non-hydrogen) atoms. The Balaban J connectivity index is 2.86. The normalized spacial score (nSPS) is 16.0. The predicted molar refractivity (Wildman–Crippen MR) is 37.6 cm³/mol. The number of hydrogen-bond acceptors (Lipinski definition) is 2. The van der Waals surface area contributed by atoms with Crippen LogP contribution in [-0.2, 0) is 0 Å². The molecule has 1 heterocycles. The molecule has 0 aliphatic carbocycles. The minimum Gasteiger partial charge on any atom is -0.116 e. The Morgan fingerprint density at radius 1 is 1.57 bits per heavy atom. The Morgan fingerprint density at radius 2 is 2.57 bits per heavy atom. The third-order valence-electron chi connectivity index (χ3n) is 0.439. The van der Waals surface area contributed by atoms with Gasteiger partial charge in [-0.1, -0.05) is 0 Å². The molecule has 0 amide bonds. The highest BCUT2D eigenvalue weighted by Crippen LogP contribution is 2.02. The molecule has 0 aromatic carbocycles. The molecule has 3 heteroatoms. The van der Waals surface area contributed by atoms with Crippen LogP contribution in [0.4, 0.5) is 0 Å². The van der Waals surface area contributed by atoms with Crippen molar-refractivity contribution in [3.63, 3.8) is 0 Å². The van der Waals surface area contributed by atoms with E-state index in [4.69, 9.17) is 0 Å². The summed E-state index contributed by atoms with van der Waals surface area (Å²) in [6.45, 7) is 0. The fourth-order valence-electron chi connectivity index (χ4n) is 0.214. The van der Waals surface area contributed by atoms with Gasteiger partial charge in [0.15, 0.2) is 0 Å². The van der Waals surface area contributed by atoms with Crippen molar-refractivity contribution in [1.29, 1.82) is 0 Å². The second-order valence-corrected chi connectivity index (χ2v) is 2.60. The molecule has 0 aromatic rings. The van der Waals surface area contributed by atoms with Gasteiger partial charge < -0.3 is 0 Å². The molecular formula is C4H3IN2. The van der Waals surface area contributed by atoms with E-state index in [0.717, 1.165) is 0 Å². The number of halogens is 1. The third kappa shape index (κ3) is 1.75. The van der Waals surface area contributed by atoms with E-state index in [1.165, 1.54) is 0 Å². The van der Waals surface area contributed by atoms with Crippen LogP contribution >= 0.6 is 21.0 Å². The molecule has 0 saturated carbocycles. The summed E-state index contributed by atoms with van der Waals surface area (Å²) in [6, 6.07) is 0. The average Bonchev–Trinajstić information content (AvgIpc) is 1.90. The first kappa shape index (κ1) is 4.87. The third-order valence-corrected chi connectivity index (χ3v) is 1.64. The van der Waals surface area contributed by atoms with Gasteiger partial charge in [-0.15, -0.1) is 8.36 Å². The summed E-state index contributed by atoms with van der Waals surface area (Å²) in [6.07, 6.45) is 3.68. The first-order chi connectivity index (χ1) is 3.50. The van der Waals surface area contributed by atoms with Crippen LogP contribution in [0.25, 0.3) is 0 Å². The Bertz CT molecular complexity index is 147. The summed E-state index contributed by atoms with van der Waals surface area (Å²) in [5, 5.41) is 3.58. The first-order valence-electron chi connectivity index (χ1n) is 1.77. The molecule has 0 spiro atoms. The SMILES string of the molecule is C1=CC=CI=NN=1. The topological polar surface area (TPSA) is 24.7 Å². The van der Waals surface area contributed by atoms with Crippen LogP contribution in [0.2, 0.25) is 0 Å². The van der Waals surface area contributed by atoms with E-state index in [-0.39, 0.29) is 21.0 Å². The second-order valence-electron chi connectivity index (χ2n) is 0.887. The molecule has 1 aliphatic rings. The highest BCUT2D eigenvalue weighted by atomic mass is 127. The van der Waals surface area contributed by atoms with Crippen molar-refractivity contribution in [1.82, 2.24) is 0 Å². The van der Waals surface area contributed by atoms with E-state index in [0.29, 0.717) is 0 Å². The molecule has 1 rings (SSSR count). The van der Waals surface area contributed by atoms with E-state index in [1.54, 1.807) is 6.08 Å². The van der Waals surface area contributed by atoms with Crippen LogP contribution < -0.4 is 0 Å². The zero-order valence-corrected chi connectivity index (χ0v) is 5.66. The molecule has 0 aromatic heterocycles. The lowest BCUT2D eigenvalue weighted by Crippen LogP contribution is -1.42. The largest absolute Gasteiger partial charge is 0.116 e. The van der Waals surface area contributed by atoms with Crippen LogP contribution in [0.15, 0.2) is 24.6 Å². The Kier molecular flexibility index (Phi) is 1.96. The highest BCUT2D eigenvalue weighted by molar-refractivity contribution is 14.2. The summed E-state index contributed by atoms with van der Waals surface area (Å²) in [5.41, 5.74) is 0. The fraction of sp³-hybridized carbons (Fsp3) is 0. The van der Waals surface area contributed by atoms with Crippen LogP contribution in [-0.4, -0.2) is 5.87 Å². The van der Waals surface area contributed by atoms with Gasteiger partial charge in [-0.3, -0.25) is 0 Å². The van der Waals surface area contributed by atoms with Crippen molar-refractivity contribution in [2.45, 2.75) is 0 Å². The highest BCUT2D eigenvalue weighted by Gasteiger charge is 1.65. The molecule has 1 aliphatic heterocycles. The predicted octanol–water partition coefficient (Wildman–Crippen LogP) is 1.81. The van der Waals surface area contributed by atoms with Gasteiger partial charge in [0, 0.05) is 11.9 Å². The Morgan fingerprint density at radius 3 is 3.57 bits per heavy atom. The molecular weight excluding hydrogens is 203 g/mol. The lowest BCUT2D eigenvalue weighted by Gasteiger charge is -1.58. The molecule has 0 unspecified atom stereocenters. The monoisotopic (exact) mass is 206 g/mol. The summed E-state index contributed by atoms with van der Waals surface area (Å²) >= 11 is -0.129. The molecule has 0 N–H and O–H groups in total. The molecule has 0 bridgehead atoms. The molecule has 0 radical (unpaired) electrons. The molecule has 0 saturated heterocycles. The van der Waals surface area contributed by atoms with Gasteiger partial charge in [0.25, 0.3) is 0 Å². The molecule has 36 valence electrons. The quantitative estimate of drug-likeness (QED) is 0.540. The number of rotatable bonds is 0. The Hall–Kier alpha value is -0.280. The molecule has 2 nitrogen and oxygen atoms in total. The van der Waals surface area contributed by atoms with Gasteiger partial charge in [-0.05, 0) is 10.2 Å². The maximum absolute atomic E-state index is 3.78. The van der Waals surface area contributed by atoms with E-state index < -0.39 is 0 Å². The van der Waals surface area contributed by atoms with Crippen LogP contribution in [0, 0.1) is 0 Å². The fourth-order valence-corrected chi connectivity index (χ4v) is 1.00. The minimum atomic E-state index is -0.129. The van der Waals surface area contributed by atoms with Crippen molar-refractivity contribution in [3.8, 4) is 0 Å². The average molecular weight is 206 g/mol. The van der Waals surface area contributed by atoms with Crippen LogP contribution in [0.3, 0.4) is 0 Å². The summed E-state index contributed by atoms with van der Waals surface area (Å²) in [4.78, 5) is 0. The van der Waals surface area contributed by atoms with Crippen molar-refractivity contribution >= 4 is 26.9 Å². The van der Waals surface area contributed by atoms with Crippen LogP contribution in [0.1, 0.15) is 0 Å². The second kappa shape index (κ2) is 2.82. The lowest BCUT2D eigenvalue weighted by atomic mass is 10.6. The number of hydrogen-bond donors (Lipinski definition) is 0. The van der Waals surface area contributed by atoms with E-state index in [1.807, 2.05) is 10.2 Å². The van der Waals surface area contributed by atoms with Crippen LogP contribution in [0.5, 0.6) is 0 Å². The first-order valence-corrected chi connectivity index (χ1v) is 3.98. The van der Waals surface area contributed by atoms with E-state index in [2.05, 4.69) is 14.2 Å². The minimum absolute atomic E-state index is 0.129. The van der Waals surface area contributed by atoms with E-state index >= 15 is 0 Å². The van der Waals surface area contributed by atoms with Gasteiger partial charge in [-0.2, -0.15) is 0 Å². The Labute approximate surface area is 51.8 Å². The van der Waals surface area contributed by atoms with Gasteiger partial charge in [-0.25, -0.2) is 0 Å². The van der Waals surface area contributed by atoms with Gasteiger partial charge in [0.05, 0.1) is 21.0 Å². The van der Waals surface area contributed by atoms with Gasteiger partial charge in [0.2, 0.25) is 0 Å². The molecule has 0 fully saturated rings. The summed E-state index contributed by atoms with van der Waals surface area (Å²) in [7, 11) is 0. The standard InChI is InChI=1S/C4H3IN2/c1-2-4-6-7-5-3-1/h1-3H. The van der Waals surface area contributed by atoms with Crippen molar-refractivity contribution in [3.05, 3.63) is 16.2 Å². The zero-order chi connectivity index (χ0) is 4.95. The molecule has 0 atom stereocenters. The van der Waals surface area contributed by atoms with Crippen molar-refractivity contribution < 1.29 is 0 Å². The maximum Gasteiger partial charge on any atom is 0.0503 e. The maximum atomic E-state index is 3.78. The smallest absolute Gasteiger partial charge is 0.0503 e. The lowest BCUT2D eigenvalue weighted by molar-refractivity contribution is 1.33. The van der Waals surface area contributed by atoms with Crippen molar-refractivity contribution in [2.75, 3.05) is 0 Å². The zero-order valence-electron chi connectivity index (χ0n) is 3.50. The number of allylic oxidation sites excluding steroid dienone is 2. The summed E-state index contributed by atoms with van der Waals surface area (Å²) < 4.78 is 5.81. The van der Waals surface area contributed by atoms with E-state index in [9.17, 15) is 0 Å². The van der Waals surface area contributed by atoms with Gasteiger partial charge in [0.1, 0.15) is 0 Å². The summed E-state index contributed by atoms with van der Waals surface area (Å²) in [5.74, 6) is 2.62.